The number of carbonyl (C=O) groups is 2. The Balaban J connectivity index is 1.81. The van der Waals surface area contributed by atoms with E-state index >= 15 is 0 Å². The number of nitrogens with zero attached hydrogens (tertiary/aromatic N) is 2. The quantitative estimate of drug-likeness (QED) is 0.132. The third-order valence-electron chi connectivity index (χ3n) is 4.36. The third kappa shape index (κ3) is 6.58. The second-order valence-electron chi connectivity index (χ2n) is 6.57. The highest BCUT2D eigenvalue weighted by molar-refractivity contribution is 7.50. The Bertz CT molecular complexity index is 863. The molecule has 0 aromatic carbocycles. The van der Waals surface area contributed by atoms with E-state index in [4.69, 9.17) is 25.2 Å². The zero-order valence-electron chi connectivity index (χ0n) is 15.7. The summed E-state index contributed by atoms with van der Waals surface area (Å²) in [5.41, 5.74) is 4.74. The molecule has 15 heteroatoms. The van der Waals surface area contributed by atoms with Gasteiger partial charge in [0.1, 0.15) is 18.1 Å². The Morgan fingerprint density at radius 3 is 2.70 bits per heavy atom. The SMILES string of the molecule is Nc1ccn([C@H]2C[C@H](O)[C@@H](COP(=O)(O)NCCCC(C(=O)O)C(=O)O)O2)c(=O)n1. The molecule has 1 saturated heterocycles. The van der Waals surface area contributed by atoms with E-state index in [1.165, 1.54) is 12.3 Å². The molecule has 30 heavy (non-hydrogen) atoms. The molecule has 1 unspecified atom stereocenters. The first-order valence-corrected chi connectivity index (χ1v) is 10.4. The lowest BCUT2D eigenvalue weighted by Gasteiger charge is -2.19. The zero-order chi connectivity index (χ0) is 22.5. The van der Waals surface area contributed by atoms with Crippen molar-refractivity contribution in [1.29, 1.82) is 0 Å². The van der Waals surface area contributed by atoms with Crippen molar-refractivity contribution in [1.82, 2.24) is 14.6 Å². The van der Waals surface area contributed by atoms with E-state index in [1.807, 2.05) is 0 Å². The van der Waals surface area contributed by atoms with Crippen molar-refractivity contribution >= 4 is 25.5 Å². The number of nitrogens with one attached hydrogen (secondary N) is 1. The number of carboxylic acid groups (broad SMARTS) is 2. The van der Waals surface area contributed by atoms with Crippen LogP contribution >= 0.6 is 7.75 Å². The molecule has 0 saturated carbocycles. The lowest BCUT2D eigenvalue weighted by molar-refractivity contribution is -0.154. The summed E-state index contributed by atoms with van der Waals surface area (Å²) in [7, 11) is -4.32. The van der Waals surface area contributed by atoms with E-state index in [-0.39, 0.29) is 31.6 Å². The monoisotopic (exact) mass is 450 g/mol. The summed E-state index contributed by atoms with van der Waals surface area (Å²) in [6.45, 7) is -0.642. The predicted octanol–water partition coefficient (Wildman–Crippen LogP) is -1.25. The smallest absolute Gasteiger partial charge is 0.403 e. The van der Waals surface area contributed by atoms with Crippen LogP contribution in [0.3, 0.4) is 0 Å². The van der Waals surface area contributed by atoms with Gasteiger partial charge in [0.2, 0.25) is 0 Å². The standard InChI is InChI=1S/C15H23N4O10P/c16-11-3-5-19(15(25)18-11)12-6-9(20)10(29-12)7-28-30(26,27)17-4-1-2-8(13(21)22)14(23)24/h3,5,8-10,12,20H,1-2,4,6-7H2,(H,21,22)(H,23,24)(H2,16,18,25)(H2,17,26,27)/t9-,10+,12+/m0/s1. The van der Waals surface area contributed by atoms with Crippen LogP contribution in [0.25, 0.3) is 0 Å². The molecule has 0 radical (unpaired) electrons. The molecule has 0 spiro atoms. The Labute approximate surface area is 169 Å². The largest absolute Gasteiger partial charge is 0.481 e. The summed E-state index contributed by atoms with van der Waals surface area (Å²) in [6, 6.07) is 1.38. The Morgan fingerprint density at radius 2 is 2.10 bits per heavy atom. The number of rotatable bonds is 11. The van der Waals surface area contributed by atoms with Crippen LogP contribution in [0.15, 0.2) is 17.1 Å². The van der Waals surface area contributed by atoms with Crippen LogP contribution < -0.4 is 16.5 Å². The third-order valence-corrected chi connectivity index (χ3v) is 5.48. The van der Waals surface area contributed by atoms with Crippen molar-refractivity contribution < 1.29 is 43.6 Å². The minimum atomic E-state index is -4.32. The van der Waals surface area contributed by atoms with Gasteiger partial charge in [-0.2, -0.15) is 4.98 Å². The summed E-state index contributed by atoms with van der Waals surface area (Å²) < 4.78 is 23.5. The highest BCUT2D eigenvalue weighted by atomic mass is 31.2. The number of nitrogen functional groups attached to an aromatic ring is 1. The molecule has 1 aromatic rings. The number of ether oxygens (including phenoxy) is 1. The van der Waals surface area contributed by atoms with Gasteiger partial charge in [0.15, 0.2) is 5.92 Å². The number of anilines is 1. The Hall–Kier alpha value is -2.35. The van der Waals surface area contributed by atoms with Gasteiger partial charge in [0.05, 0.1) is 12.7 Å². The molecule has 0 aliphatic carbocycles. The molecule has 2 heterocycles. The number of hydrogen-bond acceptors (Lipinski definition) is 9. The fourth-order valence-corrected chi connectivity index (χ4v) is 3.66. The molecule has 14 nitrogen and oxygen atoms in total. The van der Waals surface area contributed by atoms with Crippen LogP contribution in [-0.4, -0.2) is 67.1 Å². The number of aliphatic carboxylic acids is 2. The Morgan fingerprint density at radius 1 is 1.43 bits per heavy atom. The number of hydrogen-bond donors (Lipinski definition) is 6. The van der Waals surface area contributed by atoms with Gasteiger partial charge < -0.3 is 30.7 Å². The molecule has 0 bridgehead atoms. The molecule has 4 atom stereocenters. The van der Waals surface area contributed by atoms with E-state index in [9.17, 15) is 28.9 Å². The van der Waals surface area contributed by atoms with Crippen LogP contribution in [0.2, 0.25) is 0 Å². The molecular weight excluding hydrogens is 427 g/mol. The van der Waals surface area contributed by atoms with E-state index in [2.05, 4.69) is 10.1 Å². The zero-order valence-corrected chi connectivity index (χ0v) is 16.6. The van der Waals surface area contributed by atoms with Crippen molar-refractivity contribution in [2.75, 3.05) is 18.9 Å². The molecule has 1 fully saturated rings. The average molecular weight is 450 g/mol. The maximum atomic E-state index is 12.0. The van der Waals surface area contributed by atoms with Gasteiger partial charge in [-0.1, -0.05) is 0 Å². The average Bonchev–Trinajstić information content (AvgIpc) is 2.99. The highest BCUT2D eigenvalue weighted by Gasteiger charge is 2.37. The molecular formula is C15H23N4O10P. The van der Waals surface area contributed by atoms with Crippen molar-refractivity contribution in [3.8, 4) is 0 Å². The first-order chi connectivity index (χ1) is 14.0. The first kappa shape index (κ1) is 23.9. The normalized spacial score (nSPS) is 23.4. The van der Waals surface area contributed by atoms with Crippen LogP contribution in [0.1, 0.15) is 25.5 Å². The topological polar surface area (TPSA) is 224 Å². The van der Waals surface area contributed by atoms with E-state index in [1.54, 1.807) is 0 Å². The van der Waals surface area contributed by atoms with Crippen molar-refractivity contribution in [2.45, 2.75) is 37.7 Å². The van der Waals surface area contributed by atoms with Gasteiger partial charge in [-0.15, -0.1) is 0 Å². The first-order valence-electron chi connectivity index (χ1n) is 8.86. The predicted molar refractivity (Wildman–Crippen MR) is 99.2 cm³/mol. The summed E-state index contributed by atoms with van der Waals surface area (Å²) in [5.74, 6) is -4.58. The fourth-order valence-electron chi connectivity index (χ4n) is 2.78. The van der Waals surface area contributed by atoms with E-state index < -0.39 is 56.3 Å². The molecule has 7 N–H and O–H groups in total. The van der Waals surface area contributed by atoms with Gasteiger partial charge in [-0.3, -0.25) is 18.7 Å². The minimum Gasteiger partial charge on any atom is -0.481 e. The molecule has 1 aliphatic heterocycles. The number of carboxylic acids is 2. The van der Waals surface area contributed by atoms with Gasteiger partial charge in [0, 0.05) is 19.2 Å². The highest BCUT2D eigenvalue weighted by Crippen LogP contribution is 2.38. The number of nitrogens with two attached hydrogens (primary N) is 1. The van der Waals surface area contributed by atoms with Gasteiger partial charge >= 0.3 is 25.4 Å². The maximum absolute atomic E-state index is 12.0. The Kier molecular flexibility index (Phi) is 8.06. The van der Waals surface area contributed by atoms with Crippen LogP contribution in [-0.2, 0) is 23.4 Å². The number of aromatic nitrogens is 2. The maximum Gasteiger partial charge on any atom is 0.403 e. The van der Waals surface area contributed by atoms with Crippen LogP contribution in [0.4, 0.5) is 5.82 Å². The lowest BCUT2D eigenvalue weighted by atomic mass is 10.0. The van der Waals surface area contributed by atoms with Gasteiger partial charge in [0.25, 0.3) is 0 Å². The van der Waals surface area contributed by atoms with Gasteiger partial charge in [-0.25, -0.2) is 14.4 Å². The van der Waals surface area contributed by atoms with Gasteiger partial charge in [-0.05, 0) is 18.9 Å². The van der Waals surface area contributed by atoms with E-state index in [0.717, 1.165) is 4.57 Å². The van der Waals surface area contributed by atoms with Crippen LogP contribution in [0, 0.1) is 5.92 Å². The summed E-state index contributed by atoms with van der Waals surface area (Å²) in [4.78, 5) is 46.7. The van der Waals surface area contributed by atoms with Crippen molar-refractivity contribution in [2.24, 2.45) is 5.92 Å². The molecule has 0 amide bonds. The summed E-state index contributed by atoms with van der Waals surface area (Å²) >= 11 is 0. The molecule has 168 valence electrons. The minimum absolute atomic E-state index is 0.00510. The van der Waals surface area contributed by atoms with Crippen molar-refractivity contribution in [3.63, 3.8) is 0 Å². The fraction of sp³-hybridized carbons (Fsp3) is 0.600. The number of aliphatic hydroxyl groups is 1. The molecule has 2 rings (SSSR count). The summed E-state index contributed by atoms with van der Waals surface area (Å²) in [6.07, 6.45) is -1.80. The number of aliphatic hydroxyl groups excluding tert-OH is 1. The molecule has 1 aliphatic rings. The van der Waals surface area contributed by atoms with E-state index in [0.29, 0.717) is 0 Å². The second kappa shape index (κ2) is 10.1. The van der Waals surface area contributed by atoms with Crippen molar-refractivity contribution in [3.05, 3.63) is 22.7 Å². The second-order valence-corrected chi connectivity index (χ2v) is 8.19. The molecule has 1 aromatic heterocycles. The summed E-state index contributed by atoms with van der Waals surface area (Å²) in [5, 5.41) is 29.8. The van der Waals surface area contributed by atoms with Crippen LogP contribution in [0.5, 0.6) is 0 Å². The lowest BCUT2D eigenvalue weighted by Crippen LogP contribution is -2.29.